The molecule has 1 aliphatic heterocycles. The highest BCUT2D eigenvalue weighted by Gasteiger charge is 2.36. The second-order valence-corrected chi connectivity index (χ2v) is 8.52. The number of alkyl halides is 3. The molecule has 36 heavy (non-hydrogen) atoms. The van der Waals surface area contributed by atoms with Crippen molar-refractivity contribution in [1.29, 1.82) is 0 Å². The van der Waals surface area contributed by atoms with Gasteiger partial charge in [0, 0.05) is 50.7 Å². The lowest BCUT2D eigenvalue weighted by atomic mass is 10.1. The van der Waals surface area contributed by atoms with Crippen molar-refractivity contribution in [1.82, 2.24) is 29.2 Å². The molecular formula is C24H21F4N7O. The lowest BCUT2D eigenvalue weighted by molar-refractivity contribution is -0.137. The van der Waals surface area contributed by atoms with Gasteiger partial charge in [-0.1, -0.05) is 6.07 Å². The van der Waals surface area contributed by atoms with E-state index < -0.39 is 17.6 Å². The first kappa shape index (κ1) is 23.5. The maximum Gasteiger partial charge on any atom is 0.419 e. The number of halogens is 4. The van der Waals surface area contributed by atoms with Crippen LogP contribution in [-0.4, -0.2) is 41.7 Å². The van der Waals surface area contributed by atoms with Gasteiger partial charge in [-0.3, -0.25) is 9.48 Å². The number of aryl methyl sites for hydroxylation is 2. The van der Waals surface area contributed by atoms with Gasteiger partial charge in [0.1, 0.15) is 22.9 Å². The molecule has 0 fully saturated rings. The fraction of sp³-hybridized carbons (Fsp3) is 0.250. The Morgan fingerprint density at radius 3 is 2.67 bits per heavy atom. The largest absolute Gasteiger partial charge is 0.419 e. The number of hydrogen-bond donors (Lipinski definition) is 1. The minimum absolute atomic E-state index is 0.0414. The fourth-order valence-corrected chi connectivity index (χ4v) is 4.14. The van der Waals surface area contributed by atoms with Crippen LogP contribution in [0.15, 0.2) is 48.9 Å². The number of fused-ring (bicyclic) bond motifs is 1. The zero-order valence-corrected chi connectivity index (χ0v) is 19.3. The average molecular weight is 499 g/mol. The summed E-state index contributed by atoms with van der Waals surface area (Å²) in [6.45, 7) is 2.74. The quantitative estimate of drug-likeness (QED) is 0.408. The van der Waals surface area contributed by atoms with E-state index in [1.165, 1.54) is 35.3 Å². The van der Waals surface area contributed by atoms with E-state index in [1.807, 2.05) is 6.92 Å². The number of carbonyl (C=O) groups excluding carboxylic acids is 1. The van der Waals surface area contributed by atoms with Crippen LogP contribution in [-0.2, 0) is 26.3 Å². The molecule has 0 saturated heterocycles. The first-order chi connectivity index (χ1) is 17.1. The average Bonchev–Trinajstić information content (AvgIpc) is 3.44. The minimum atomic E-state index is -4.70. The predicted octanol–water partition coefficient (Wildman–Crippen LogP) is 4.54. The number of benzene rings is 1. The third-order valence-electron chi connectivity index (χ3n) is 6.11. The van der Waals surface area contributed by atoms with Gasteiger partial charge in [0.15, 0.2) is 0 Å². The number of carbonyl (C=O) groups is 1. The second kappa shape index (κ2) is 8.77. The molecule has 0 atom stereocenters. The number of nitrogens with zero attached hydrogens (tertiary/aromatic N) is 6. The Morgan fingerprint density at radius 2 is 1.94 bits per heavy atom. The summed E-state index contributed by atoms with van der Waals surface area (Å²) in [6, 6.07) is 7.41. The van der Waals surface area contributed by atoms with Crippen molar-refractivity contribution in [3.63, 3.8) is 0 Å². The van der Waals surface area contributed by atoms with Crippen LogP contribution >= 0.6 is 0 Å². The Balaban J connectivity index is 1.49. The summed E-state index contributed by atoms with van der Waals surface area (Å²) in [7, 11) is 1.66. The van der Waals surface area contributed by atoms with Gasteiger partial charge in [0.2, 0.25) is 5.95 Å². The van der Waals surface area contributed by atoms with Crippen molar-refractivity contribution in [3.8, 4) is 11.3 Å². The molecule has 186 valence electrons. The normalized spacial score (nSPS) is 13.7. The molecular weight excluding hydrogens is 478 g/mol. The Labute approximate surface area is 203 Å². The summed E-state index contributed by atoms with van der Waals surface area (Å²) in [5.41, 5.74) is 0.535. The summed E-state index contributed by atoms with van der Waals surface area (Å²) >= 11 is 0. The van der Waals surface area contributed by atoms with Gasteiger partial charge in [0.05, 0.1) is 11.9 Å². The monoisotopic (exact) mass is 499 g/mol. The van der Waals surface area contributed by atoms with Crippen molar-refractivity contribution in [3.05, 3.63) is 77.1 Å². The van der Waals surface area contributed by atoms with Gasteiger partial charge in [-0.15, -0.1) is 0 Å². The topological polar surface area (TPSA) is 80.9 Å². The maximum atomic E-state index is 13.8. The van der Waals surface area contributed by atoms with Crippen molar-refractivity contribution in [2.24, 2.45) is 7.05 Å². The summed E-state index contributed by atoms with van der Waals surface area (Å²) in [5.74, 6) is -0.299. The number of rotatable bonds is 5. The zero-order valence-electron chi connectivity index (χ0n) is 19.3. The molecule has 0 bridgehead atoms. The summed E-state index contributed by atoms with van der Waals surface area (Å²) in [4.78, 5) is 22.7. The summed E-state index contributed by atoms with van der Waals surface area (Å²) < 4.78 is 58.3. The molecule has 0 radical (unpaired) electrons. The number of hydrogen-bond acceptors (Lipinski definition) is 5. The van der Waals surface area contributed by atoms with Gasteiger partial charge in [0.25, 0.3) is 5.91 Å². The number of amides is 1. The van der Waals surface area contributed by atoms with E-state index >= 15 is 0 Å². The standard InChI is InChI=1S/C24H21F4N7O/c1-14-3-4-17(25)9-15(14)12-35-8-7-34-13-16(10-19(34)22(35)36)21-18(24(26,27)28)11-29-23(32-21)31-20-5-6-30-33(20)2/h3-6,9-11,13H,7-8,12H2,1-2H3,(H,29,31,32). The third-order valence-corrected chi connectivity index (χ3v) is 6.11. The molecule has 1 aromatic carbocycles. The number of aromatic nitrogens is 5. The van der Waals surface area contributed by atoms with Crippen LogP contribution in [0.2, 0.25) is 0 Å². The Morgan fingerprint density at radius 1 is 1.14 bits per heavy atom. The molecule has 1 N–H and O–H groups in total. The number of nitrogens with one attached hydrogen (secondary N) is 1. The predicted molar refractivity (Wildman–Crippen MR) is 123 cm³/mol. The number of anilines is 2. The highest BCUT2D eigenvalue weighted by Crippen LogP contribution is 2.37. The molecule has 8 nitrogen and oxygen atoms in total. The third kappa shape index (κ3) is 4.41. The Bertz CT molecular complexity index is 1460. The molecule has 4 aromatic rings. The Kier molecular flexibility index (Phi) is 5.73. The highest BCUT2D eigenvalue weighted by atomic mass is 19.4. The van der Waals surface area contributed by atoms with Gasteiger partial charge in [-0.05, 0) is 36.2 Å². The van der Waals surface area contributed by atoms with Crippen LogP contribution < -0.4 is 5.32 Å². The van der Waals surface area contributed by atoms with Gasteiger partial charge < -0.3 is 14.8 Å². The molecule has 0 spiro atoms. The zero-order chi connectivity index (χ0) is 25.6. The molecule has 0 saturated carbocycles. The van der Waals surface area contributed by atoms with E-state index in [0.29, 0.717) is 24.5 Å². The molecule has 1 amide bonds. The van der Waals surface area contributed by atoms with E-state index in [2.05, 4.69) is 20.4 Å². The lowest BCUT2D eigenvalue weighted by Gasteiger charge is -2.28. The van der Waals surface area contributed by atoms with Crippen molar-refractivity contribution in [2.75, 3.05) is 11.9 Å². The van der Waals surface area contributed by atoms with E-state index in [0.717, 1.165) is 11.8 Å². The van der Waals surface area contributed by atoms with Crippen LogP contribution in [0.5, 0.6) is 0 Å². The van der Waals surface area contributed by atoms with Gasteiger partial charge in [-0.2, -0.15) is 18.3 Å². The van der Waals surface area contributed by atoms with Crippen LogP contribution in [0.1, 0.15) is 27.2 Å². The van der Waals surface area contributed by atoms with E-state index in [9.17, 15) is 22.4 Å². The molecule has 12 heteroatoms. The molecule has 5 rings (SSSR count). The Hall–Kier alpha value is -4.22. The SMILES string of the molecule is Cc1ccc(F)cc1CN1CCn2cc(-c3nc(Nc4ccnn4C)ncc3C(F)(F)F)cc2C1=O. The van der Waals surface area contributed by atoms with Crippen LogP contribution in [0.3, 0.4) is 0 Å². The molecule has 0 aliphatic carbocycles. The highest BCUT2D eigenvalue weighted by molar-refractivity contribution is 5.95. The van der Waals surface area contributed by atoms with E-state index in [4.69, 9.17) is 0 Å². The van der Waals surface area contributed by atoms with E-state index in [-0.39, 0.29) is 35.4 Å². The van der Waals surface area contributed by atoms with Crippen LogP contribution in [0, 0.1) is 12.7 Å². The summed E-state index contributed by atoms with van der Waals surface area (Å²) in [5, 5.41) is 6.86. The maximum absolute atomic E-state index is 13.8. The van der Waals surface area contributed by atoms with Crippen molar-refractivity contribution < 1.29 is 22.4 Å². The van der Waals surface area contributed by atoms with E-state index in [1.54, 1.807) is 28.6 Å². The van der Waals surface area contributed by atoms with Gasteiger partial charge in [-0.25, -0.2) is 14.4 Å². The first-order valence-corrected chi connectivity index (χ1v) is 11.0. The van der Waals surface area contributed by atoms with Crippen molar-refractivity contribution >= 4 is 17.7 Å². The fourth-order valence-electron chi connectivity index (χ4n) is 4.14. The molecule has 1 aliphatic rings. The second-order valence-electron chi connectivity index (χ2n) is 8.52. The smallest absolute Gasteiger partial charge is 0.341 e. The lowest BCUT2D eigenvalue weighted by Crippen LogP contribution is -2.39. The molecule has 0 unspecified atom stereocenters. The van der Waals surface area contributed by atoms with Gasteiger partial charge >= 0.3 is 6.18 Å². The van der Waals surface area contributed by atoms with Crippen LogP contribution in [0.25, 0.3) is 11.3 Å². The minimum Gasteiger partial charge on any atom is -0.341 e. The molecule has 4 heterocycles. The van der Waals surface area contributed by atoms with Crippen LogP contribution in [0.4, 0.5) is 29.3 Å². The van der Waals surface area contributed by atoms with Crippen molar-refractivity contribution in [2.45, 2.75) is 26.2 Å². The summed E-state index contributed by atoms with van der Waals surface area (Å²) in [6.07, 6.45) is -0.965. The molecule has 3 aromatic heterocycles. The first-order valence-electron chi connectivity index (χ1n) is 11.0.